The number of aromatic nitrogens is 2. The van der Waals surface area contributed by atoms with Crippen molar-refractivity contribution in [3.05, 3.63) is 18.5 Å². The van der Waals surface area contributed by atoms with Crippen molar-refractivity contribution in [1.29, 1.82) is 0 Å². The van der Waals surface area contributed by atoms with Crippen molar-refractivity contribution in [3.8, 4) is 0 Å². The average Bonchev–Trinajstić information content (AvgIpc) is 2.26. The molecule has 6 nitrogen and oxygen atoms in total. The zero-order chi connectivity index (χ0) is 14.0. The van der Waals surface area contributed by atoms with E-state index in [9.17, 15) is 0 Å². The molecule has 5 N–H and O–H groups in total. The summed E-state index contributed by atoms with van der Waals surface area (Å²) in [4.78, 5) is 7.42. The molecule has 0 radical (unpaired) electrons. The summed E-state index contributed by atoms with van der Waals surface area (Å²) in [6.45, 7) is 0. The van der Waals surface area contributed by atoms with Crippen molar-refractivity contribution in [2.75, 3.05) is 5.32 Å². The fourth-order valence-electron chi connectivity index (χ4n) is 1.93. The van der Waals surface area contributed by atoms with Gasteiger partial charge < -0.3 is 0 Å². The molecule has 2 bridgehead atoms. The van der Waals surface area contributed by atoms with Gasteiger partial charge in [0.25, 0.3) is 0 Å². The molecule has 2 aliphatic rings. The Morgan fingerprint density at radius 1 is 1.37 bits per heavy atom. The molecule has 0 amide bonds. The molecule has 0 fully saturated rings. The minimum absolute atomic E-state index is 0.177. The molecule has 2 atom stereocenters. The van der Waals surface area contributed by atoms with Gasteiger partial charge in [-0.3, -0.25) is 5.73 Å². The van der Waals surface area contributed by atoms with Gasteiger partial charge in [-0.15, -0.1) is 0 Å². The van der Waals surface area contributed by atoms with Crippen molar-refractivity contribution in [1.82, 2.24) is 10.3 Å². The Bertz CT molecular complexity index is 486. The molecule has 3 rings (SSSR count). The third kappa shape index (κ3) is 5.12. The van der Waals surface area contributed by atoms with E-state index >= 15 is 0 Å². The number of hydrogen-bond donors (Lipinski definition) is 4. The second-order valence-corrected chi connectivity index (χ2v) is 35.3. The van der Waals surface area contributed by atoms with E-state index in [1.54, 1.807) is 6.20 Å². The predicted molar refractivity (Wildman–Crippen MR) is 84.5 cm³/mol. The van der Waals surface area contributed by atoms with Crippen molar-refractivity contribution in [2.45, 2.75) is 18.8 Å². The first kappa shape index (κ1) is 16.0. The molecule has 0 aromatic carbocycles. The van der Waals surface area contributed by atoms with Gasteiger partial charge in [0.1, 0.15) is 6.20 Å². The summed E-state index contributed by atoms with van der Waals surface area (Å²) in [5, 5.41) is 6.37. The Labute approximate surface area is 141 Å². The summed E-state index contributed by atoms with van der Waals surface area (Å²) in [5.74, 6) is 1.47. The first-order valence-corrected chi connectivity index (χ1v) is 15.4. The zero-order valence-electron chi connectivity index (χ0n) is 9.41. The van der Waals surface area contributed by atoms with Gasteiger partial charge in [0.15, 0.2) is 6.17 Å². The fraction of sp³-hybridized carbons (Fsp3) is 0.375. The number of fused-ring (bicyclic) bond motifs is 4. The standard InChI is InChI=1S/C8H10N6.4BrH.Co/c9-7-11-5-4-6(13-7)14-3-1-2-10-8(14)12-5;;;;;/h1-3,5-6H,4H2,(H3,9,11,13);4*1H;/q;;;;;+2/p-2/t5-,6+;;;;;/m1...../s1. The molecule has 3 heterocycles. The van der Waals surface area contributed by atoms with Crippen LogP contribution in [0.2, 0.25) is 0 Å². The molecule has 1 aromatic rings. The molecule has 11 heteroatoms. The summed E-state index contributed by atoms with van der Waals surface area (Å²) in [6, 6.07) is 1.91. The minimum atomic E-state index is -1.12. The van der Waals surface area contributed by atoms with Crippen LogP contribution in [-0.4, -0.2) is 17.1 Å². The number of hydrogen-bond acceptors (Lipinski definition) is 4. The van der Waals surface area contributed by atoms with Crippen molar-refractivity contribution in [2.24, 2.45) is 5.73 Å². The second kappa shape index (κ2) is 6.56. The Morgan fingerprint density at radius 3 is 2.74 bits per heavy atom. The number of guanidine groups is 1. The second-order valence-electron chi connectivity index (χ2n) is 3.79. The normalized spacial score (nSPS) is 24.7. The van der Waals surface area contributed by atoms with Crippen LogP contribution >= 0.6 is 56.7 Å². The third-order valence-corrected chi connectivity index (χ3v) is 2.52. The van der Waals surface area contributed by atoms with Crippen molar-refractivity contribution in [3.63, 3.8) is 0 Å². The molecule has 0 saturated carbocycles. The number of halogens is 4. The number of nitrogens with zero attached hydrogens (tertiary/aromatic N) is 2. The number of nitrogens with one attached hydrogen (secondary N) is 3. The molecule has 0 aliphatic carbocycles. The molecule has 2 aliphatic heterocycles. The van der Waals surface area contributed by atoms with Crippen LogP contribution in [0.15, 0.2) is 18.5 Å². The van der Waals surface area contributed by atoms with E-state index in [1.165, 1.54) is 0 Å². The third-order valence-electron chi connectivity index (χ3n) is 2.52. The maximum absolute atomic E-state index is 5.70. The molecule has 0 spiro atoms. The van der Waals surface area contributed by atoms with E-state index in [0.717, 1.165) is 12.4 Å². The van der Waals surface area contributed by atoms with E-state index in [2.05, 4.69) is 77.3 Å². The van der Waals surface area contributed by atoms with Crippen LogP contribution in [-0.2, 0) is 5.46 Å². The first-order valence-electron chi connectivity index (χ1n) is 5.11. The molecule has 0 saturated heterocycles. The van der Waals surface area contributed by atoms with Gasteiger partial charge in [0.2, 0.25) is 6.17 Å². The summed E-state index contributed by atoms with van der Waals surface area (Å²) in [6.07, 6.45) is 5.08. The summed E-state index contributed by atoms with van der Waals surface area (Å²) >= 11 is 12.9. The van der Waals surface area contributed by atoms with Crippen LogP contribution in [0, 0.1) is 0 Å². The Morgan fingerprint density at radius 2 is 2.05 bits per heavy atom. The van der Waals surface area contributed by atoms with E-state index < -0.39 is 5.46 Å². The van der Waals surface area contributed by atoms with Gasteiger partial charge in [-0.25, -0.2) is 20.2 Å². The monoisotopic (exact) mass is 567 g/mol. The van der Waals surface area contributed by atoms with Crippen molar-refractivity contribution >= 4 is 68.6 Å². The summed E-state index contributed by atoms with van der Waals surface area (Å²) in [5.41, 5.74) is 4.58. The molecular formula is C8H12Br4CoN6. The topological polar surface area (TPSA) is 80.8 Å². The van der Waals surface area contributed by atoms with E-state index in [0.29, 0.717) is 5.96 Å². The molecule has 111 valence electrons. The number of rotatable bonds is 0. The molecular weight excluding hydrogens is 559 g/mol. The molecule has 0 unspecified atom stereocenters. The van der Waals surface area contributed by atoms with Gasteiger partial charge >= 0.3 is 74.0 Å². The van der Waals surface area contributed by atoms with Crippen LogP contribution in [0.25, 0.3) is 0 Å². The Balaban J connectivity index is 0.000000232. The summed E-state index contributed by atoms with van der Waals surface area (Å²) < 4.78 is 2.05. The zero-order valence-corrected chi connectivity index (χ0v) is 16.8. The van der Waals surface area contributed by atoms with Crippen LogP contribution in [0.3, 0.4) is 0 Å². The van der Waals surface area contributed by atoms with Crippen LogP contribution < -0.4 is 25.9 Å². The first-order chi connectivity index (χ1) is 8.83. The van der Waals surface area contributed by atoms with E-state index in [1.807, 2.05) is 16.8 Å². The van der Waals surface area contributed by atoms with Crippen molar-refractivity contribution < 1.29 is 15.0 Å². The van der Waals surface area contributed by atoms with E-state index in [4.69, 9.17) is 5.73 Å². The average molecular weight is 571 g/mol. The van der Waals surface area contributed by atoms with Gasteiger partial charge in [-0.2, -0.15) is 0 Å². The predicted octanol–water partition coefficient (Wildman–Crippen LogP) is 0.388. The number of anilines is 1. The van der Waals surface area contributed by atoms with Gasteiger partial charge in [0.05, 0.1) is 12.6 Å². The quantitative estimate of drug-likeness (QED) is 0.341. The van der Waals surface area contributed by atoms with Gasteiger partial charge in [-0.1, -0.05) is 4.98 Å². The Kier molecular flexibility index (Phi) is 5.51. The van der Waals surface area contributed by atoms with Gasteiger partial charge in [-0.05, 0) is 0 Å². The SMILES string of the molecule is NC1=[NH+][C@@H]2C[C@H](N1)Nc1nccc[n+]12.[Br][Co-2]([Br])([Br])[Br]. The van der Waals surface area contributed by atoms with E-state index in [-0.39, 0.29) is 12.3 Å². The molecule has 19 heavy (non-hydrogen) atoms. The van der Waals surface area contributed by atoms with Crippen LogP contribution in [0.4, 0.5) is 5.95 Å². The number of nitrogens with two attached hydrogens (primary N) is 1. The van der Waals surface area contributed by atoms with Crippen LogP contribution in [0.5, 0.6) is 0 Å². The maximum atomic E-state index is 5.70. The molecule has 1 aromatic heterocycles. The fourth-order valence-corrected chi connectivity index (χ4v) is 1.93. The summed E-state index contributed by atoms with van der Waals surface area (Å²) in [7, 11) is 0. The Hall–Kier alpha value is 0.576. The van der Waals surface area contributed by atoms with Gasteiger partial charge in [0, 0.05) is 6.07 Å². The van der Waals surface area contributed by atoms with Crippen LogP contribution in [0.1, 0.15) is 12.6 Å².